The van der Waals surface area contributed by atoms with E-state index in [1.807, 2.05) is 0 Å². The molecule has 0 saturated carbocycles. The van der Waals surface area contributed by atoms with Crippen LogP contribution in [0.4, 0.5) is 0 Å². The Kier molecular flexibility index (Phi) is 23.5. The topological polar surface area (TPSA) is 133 Å². The first-order chi connectivity index (χ1) is 16.1. The van der Waals surface area contributed by atoms with E-state index in [2.05, 4.69) is 16.0 Å². The molecule has 33 heavy (non-hydrogen) atoms. The Bertz CT molecular complexity index is 494. The fraction of sp³-hybridized carbons (Fsp3) is 0.864. The minimum absolute atomic E-state index is 0.0292. The van der Waals surface area contributed by atoms with Gasteiger partial charge in [-0.2, -0.15) is 0 Å². The van der Waals surface area contributed by atoms with Crippen molar-refractivity contribution in [3.8, 4) is 0 Å². The molecule has 0 aliphatic heterocycles. The van der Waals surface area contributed by atoms with E-state index in [0.717, 1.165) is 25.7 Å². The molecule has 0 heterocycles. The predicted octanol–water partition coefficient (Wildman–Crippen LogP) is 0.0182. The molecule has 11 nitrogen and oxygen atoms in total. The molecule has 0 aromatic carbocycles. The number of amides is 3. The molecule has 0 bridgehead atoms. The van der Waals surface area contributed by atoms with E-state index in [4.69, 9.17) is 23.7 Å². The minimum atomic E-state index is -0.179. The molecule has 11 heteroatoms. The summed E-state index contributed by atoms with van der Waals surface area (Å²) in [5.74, 6) is -0.203. The van der Waals surface area contributed by atoms with Crippen LogP contribution in [-0.4, -0.2) is 104 Å². The smallest absolute Gasteiger partial charge is 0.246 e. The van der Waals surface area contributed by atoms with Crippen LogP contribution in [0.25, 0.3) is 0 Å². The summed E-state index contributed by atoms with van der Waals surface area (Å²) in [5.41, 5.74) is 0. The zero-order valence-corrected chi connectivity index (χ0v) is 20.3. The predicted molar refractivity (Wildman–Crippen MR) is 123 cm³/mol. The summed E-state index contributed by atoms with van der Waals surface area (Å²) in [6, 6.07) is 0. The standard InChI is InChI=1S/C22H43N3O8/c1-23-20(26)7-4-3-5-12-30-15-9-24-21(27)8-14-31-17-18-32-16-10-25-22(28)19-33-13-6-11-29-2/h3-19H2,1-2H3,(H,23,26)(H,24,27)(H,25,28). The van der Waals surface area contributed by atoms with Crippen LogP contribution in [-0.2, 0) is 38.1 Å². The van der Waals surface area contributed by atoms with Crippen molar-refractivity contribution in [2.75, 3.05) is 86.7 Å². The average Bonchev–Trinajstić information content (AvgIpc) is 2.81. The van der Waals surface area contributed by atoms with Gasteiger partial charge < -0.3 is 39.6 Å². The Morgan fingerprint density at radius 3 is 1.91 bits per heavy atom. The fourth-order valence-corrected chi connectivity index (χ4v) is 2.52. The molecule has 0 aliphatic rings. The fourth-order valence-electron chi connectivity index (χ4n) is 2.52. The maximum atomic E-state index is 11.7. The molecule has 0 rings (SSSR count). The Morgan fingerprint density at radius 2 is 1.21 bits per heavy atom. The van der Waals surface area contributed by atoms with E-state index in [-0.39, 0.29) is 30.7 Å². The zero-order valence-electron chi connectivity index (χ0n) is 20.3. The average molecular weight is 478 g/mol. The molecular weight excluding hydrogens is 434 g/mol. The molecule has 0 radical (unpaired) electrons. The number of unbranched alkanes of at least 4 members (excludes halogenated alkanes) is 2. The molecule has 3 N–H and O–H groups in total. The number of hydrogen-bond acceptors (Lipinski definition) is 8. The molecule has 0 atom stereocenters. The highest BCUT2D eigenvalue weighted by Crippen LogP contribution is 1.99. The van der Waals surface area contributed by atoms with Crippen molar-refractivity contribution in [1.82, 2.24) is 16.0 Å². The lowest BCUT2D eigenvalue weighted by Crippen LogP contribution is -2.31. The summed E-state index contributed by atoms with van der Waals surface area (Å²) in [5, 5.41) is 8.07. The molecule has 0 aromatic heterocycles. The van der Waals surface area contributed by atoms with Crippen LogP contribution in [0.3, 0.4) is 0 Å². The van der Waals surface area contributed by atoms with Crippen LogP contribution in [0.1, 0.15) is 38.5 Å². The van der Waals surface area contributed by atoms with Crippen molar-refractivity contribution in [3.05, 3.63) is 0 Å². The Hall–Kier alpha value is -1.79. The van der Waals surface area contributed by atoms with E-state index in [1.165, 1.54) is 0 Å². The molecule has 0 aromatic rings. The number of rotatable bonds is 24. The molecule has 0 spiro atoms. The molecular formula is C22H43N3O8. The SMILES string of the molecule is CNC(=O)CCCCCOCCNC(=O)CCOCCOCCNC(=O)COCCCOC. The summed E-state index contributed by atoms with van der Waals surface area (Å²) in [6.45, 7) is 4.56. The lowest BCUT2D eigenvalue weighted by molar-refractivity contribution is -0.126. The third kappa shape index (κ3) is 24.7. The second-order valence-corrected chi connectivity index (χ2v) is 7.17. The van der Waals surface area contributed by atoms with Crippen LogP contribution in [0.5, 0.6) is 0 Å². The second-order valence-electron chi connectivity index (χ2n) is 7.17. The first kappa shape index (κ1) is 31.2. The maximum Gasteiger partial charge on any atom is 0.246 e. The number of methoxy groups -OCH3 is 1. The number of hydrogen-bond donors (Lipinski definition) is 3. The van der Waals surface area contributed by atoms with Gasteiger partial charge in [0.05, 0.1) is 33.0 Å². The molecule has 0 unspecified atom stereocenters. The number of ether oxygens (including phenoxy) is 5. The largest absolute Gasteiger partial charge is 0.385 e. The van der Waals surface area contributed by atoms with Gasteiger partial charge >= 0.3 is 0 Å². The van der Waals surface area contributed by atoms with Crippen molar-refractivity contribution in [2.24, 2.45) is 0 Å². The molecule has 0 fully saturated rings. The van der Waals surface area contributed by atoms with E-state index < -0.39 is 0 Å². The number of nitrogens with one attached hydrogen (secondary N) is 3. The normalized spacial score (nSPS) is 10.7. The summed E-state index contributed by atoms with van der Waals surface area (Å²) in [4.78, 5) is 34.3. The Morgan fingerprint density at radius 1 is 0.576 bits per heavy atom. The van der Waals surface area contributed by atoms with Crippen LogP contribution in [0.2, 0.25) is 0 Å². The van der Waals surface area contributed by atoms with Gasteiger partial charge in [0.1, 0.15) is 6.61 Å². The van der Waals surface area contributed by atoms with Crippen LogP contribution < -0.4 is 16.0 Å². The van der Waals surface area contributed by atoms with Gasteiger partial charge in [0.25, 0.3) is 0 Å². The lowest BCUT2D eigenvalue weighted by atomic mass is 10.2. The van der Waals surface area contributed by atoms with Gasteiger partial charge in [-0.3, -0.25) is 14.4 Å². The molecule has 0 aliphatic carbocycles. The summed E-state index contributed by atoms with van der Waals surface area (Å²) in [7, 11) is 3.26. The molecule has 3 amide bonds. The van der Waals surface area contributed by atoms with Crippen LogP contribution in [0, 0.1) is 0 Å². The maximum absolute atomic E-state index is 11.7. The zero-order chi connectivity index (χ0) is 24.4. The highest BCUT2D eigenvalue weighted by Gasteiger charge is 2.02. The highest BCUT2D eigenvalue weighted by molar-refractivity contribution is 5.77. The van der Waals surface area contributed by atoms with E-state index >= 15 is 0 Å². The van der Waals surface area contributed by atoms with Crippen LogP contribution >= 0.6 is 0 Å². The van der Waals surface area contributed by atoms with Crippen molar-refractivity contribution < 1.29 is 38.1 Å². The number of carbonyl (C=O) groups excluding carboxylic acids is 3. The Balaban J connectivity index is 3.27. The van der Waals surface area contributed by atoms with Crippen LogP contribution in [0.15, 0.2) is 0 Å². The van der Waals surface area contributed by atoms with Crippen molar-refractivity contribution in [3.63, 3.8) is 0 Å². The molecule has 0 saturated heterocycles. The van der Waals surface area contributed by atoms with Crippen molar-refractivity contribution >= 4 is 17.7 Å². The van der Waals surface area contributed by atoms with E-state index in [9.17, 15) is 14.4 Å². The van der Waals surface area contributed by atoms with Gasteiger partial charge in [-0.1, -0.05) is 6.42 Å². The van der Waals surface area contributed by atoms with Gasteiger partial charge in [-0.15, -0.1) is 0 Å². The monoisotopic (exact) mass is 477 g/mol. The van der Waals surface area contributed by atoms with Gasteiger partial charge in [-0.05, 0) is 19.3 Å². The summed E-state index contributed by atoms with van der Waals surface area (Å²) < 4.78 is 26.3. The summed E-state index contributed by atoms with van der Waals surface area (Å²) >= 11 is 0. The number of carbonyl (C=O) groups is 3. The highest BCUT2D eigenvalue weighted by atomic mass is 16.5. The minimum Gasteiger partial charge on any atom is -0.385 e. The second kappa shape index (κ2) is 24.8. The first-order valence-corrected chi connectivity index (χ1v) is 11.6. The van der Waals surface area contributed by atoms with Gasteiger partial charge in [0.2, 0.25) is 17.7 Å². The van der Waals surface area contributed by atoms with E-state index in [1.54, 1.807) is 14.2 Å². The quantitative estimate of drug-likeness (QED) is 0.166. The third-order valence-electron chi connectivity index (χ3n) is 4.32. The lowest BCUT2D eigenvalue weighted by Gasteiger charge is -2.08. The van der Waals surface area contributed by atoms with Gasteiger partial charge in [0, 0.05) is 59.9 Å². The van der Waals surface area contributed by atoms with Gasteiger partial charge in [0.15, 0.2) is 0 Å². The molecule has 194 valence electrons. The Labute approximate surface area is 197 Å². The van der Waals surface area contributed by atoms with Gasteiger partial charge in [-0.25, -0.2) is 0 Å². The first-order valence-electron chi connectivity index (χ1n) is 11.6. The summed E-state index contributed by atoms with van der Waals surface area (Å²) in [6.07, 6.45) is 4.28. The third-order valence-corrected chi connectivity index (χ3v) is 4.32. The van der Waals surface area contributed by atoms with Crippen molar-refractivity contribution in [1.29, 1.82) is 0 Å². The van der Waals surface area contributed by atoms with E-state index in [0.29, 0.717) is 72.4 Å². The van der Waals surface area contributed by atoms with Crippen molar-refractivity contribution in [2.45, 2.75) is 38.5 Å².